The van der Waals surface area contributed by atoms with E-state index in [9.17, 15) is 5.11 Å². The van der Waals surface area contributed by atoms with E-state index in [4.69, 9.17) is 4.74 Å². The first-order valence-corrected chi connectivity index (χ1v) is 5.49. The van der Waals surface area contributed by atoms with E-state index in [0.29, 0.717) is 11.3 Å². The van der Waals surface area contributed by atoms with Crippen LogP contribution in [-0.4, -0.2) is 10.1 Å². The Bertz CT molecular complexity index is 523. The summed E-state index contributed by atoms with van der Waals surface area (Å²) >= 11 is 0. The Morgan fingerprint density at radius 1 is 1.18 bits per heavy atom. The maximum Gasteiger partial charge on any atom is 0.136 e. The Labute approximate surface area is 101 Å². The van der Waals surface area contributed by atoms with Crippen LogP contribution >= 0.6 is 0 Å². The summed E-state index contributed by atoms with van der Waals surface area (Å²) in [6.07, 6.45) is 3.26. The number of aliphatic hydroxyl groups is 1. The third-order valence-electron chi connectivity index (χ3n) is 2.58. The van der Waals surface area contributed by atoms with Crippen LogP contribution in [0.1, 0.15) is 16.7 Å². The van der Waals surface area contributed by atoms with Gasteiger partial charge in [-0.2, -0.15) is 0 Å². The van der Waals surface area contributed by atoms with Crippen molar-refractivity contribution in [3.8, 4) is 11.5 Å². The average molecular weight is 229 g/mol. The number of nitrogens with zero attached hydrogens (tertiary/aromatic N) is 1. The lowest BCUT2D eigenvalue weighted by atomic mass is 10.1. The van der Waals surface area contributed by atoms with E-state index in [1.165, 1.54) is 5.56 Å². The van der Waals surface area contributed by atoms with Gasteiger partial charge in [0.2, 0.25) is 0 Å². The van der Waals surface area contributed by atoms with E-state index >= 15 is 0 Å². The zero-order chi connectivity index (χ0) is 12.3. The van der Waals surface area contributed by atoms with Gasteiger partial charge >= 0.3 is 0 Å². The van der Waals surface area contributed by atoms with Crippen LogP contribution in [-0.2, 0) is 6.61 Å². The summed E-state index contributed by atoms with van der Waals surface area (Å²) in [4.78, 5) is 3.95. The number of aromatic nitrogens is 1. The van der Waals surface area contributed by atoms with Crippen LogP contribution in [0.15, 0.2) is 36.7 Å². The minimum absolute atomic E-state index is 0.0753. The lowest BCUT2D eigenvalue weighted by Crippen LogP contribution is -1.94. The lowest BCUT2D eigenvalue weighted by Gasteiger charge is -2.11. The molecule has 0 bridgehead atoms. The Balaban J connectivity index is 2.31. The fraction of sp³-hybridized carbons (Fsp3) is 0.214. The summed E-state index contributed by atoms with van der Waals surface area (Å²) in [5.74, 6) is 1.45. The van der Waals surface area contributed by atoms with Crippen LogP contribution in [0, 0.1) is 13.8 Å². The van der Waals surface area contributed by atoms with Gasteiger partial charge in [-0.05, 0) is 31.5 Å². The van der Waals surface area contributed by atoms with Gasteiger partial charge in [-0.25, -0.2) is 0 Å². The predicted octanol–water partition coefficient (Wildman–Crippen LogP) is 2.98. The number of aryl methyl sites for hydroxylation is 2. The molecule has 0 aliphatic carbocycles. The highest BCUT2D eigenvalue weighted by molar-refractivity contribution is 5.41. The van der Waals surface area contributed by atoms with Crippen LogP contribution in [0.5, 0.6) is 11.5 Å². The third-order valence-corrected chi connectivity index (χ3v) is 2.58. The van der Waals surface area contributed by atoms with Crippen molar-refractivity contribution in [2.75, 3.05) is 0 Å². The number of rotatable bonds is 3. The molecule has 0 saturated carbocycles. The van der Waals surface area contributed by atoms with Crippen molar-refractivity contribution < 1.29 is 9.84 Å². The van der Waals surface area contributed by atoms with E-state index in [2.05, 4.69) is 11.1 Å². The molecule has 1 N–H and O–H groups in total. The quantitative estimate of drug-likeness (QED) is 0.879. The number of aliphatic hydroxyl groups excluding tert-OH is 1. The molecule has 0 unspecified atom stereocenters. The van der Waals surface area contributed by atoms with Crippen molar-refractivity contribution in [1.82, 2.24) is 4.98 Å². The van der Waals surface area contributed by atoms with Gasteiger partial charge in [-0.15, -0.1) is 0 Å². The van der Waals surface area contributed by atoms with Crippen molar-refractivity contribution in [3.63, 3.8) is 0 Å². The zero-order valence-electron chi connectivity index (χ0n) is 9.97. The highest BCUT2D eigenvalue weighted by Crippen LogP contribution is 2.27. The molecule has 17 heavy (non-hydrogen) atoms. The third kappa shape index (κ3) is 2.63. The first-order valence-electron chi connectivity index (χ1n) is 5.49. The van der Waals surface area contributed by atoms with E-state index in [1.54, 1.807) is 18.5 Å². The molecular weight excluding hydrogens is 214 g/mol. The van der Waals surface area contributed by atoms with Gasteiger partial charge in [0, 0.05) is 18.0 Å². The molecule has 1 aromatic heterocycles. The molecule has 2 aromatic rings. The molecular formula is C14H15NO2. The largest absolute Gasteiger partial charge is 0.457 e. The van der Waals surface area contributed by atoms with E-state index < -0.39 is 0 Å². The van der Waals surface area contributed by atoms with Gasteiger partial charge in [0.15, 0.2) is 0 Å². The number of hydrogen-bond acceptors (Lipinski definition) is 3. The lowest BCUT2D eigenvalue weighted by molar-refractivity contribution is 0.276. The van der Waals surface area contributed by atoms with Crippen LogP contribution in [0.3, 0.4) is 0 Å². The molecule has 0 spiro atoms. The van der Waals surface area contributed by atoms with Crippen molar-refractivity contribution in [2.45, 2.75) is 20.5 Å². The topological polar surface area (TPSA) is 42.4 Å². The van der Waals surface area contributed by atoms with Crippen molar-refractivity contribution in [1.29, 1.82) is 0 Å². The fourth-order valence-corrected chi connectivity index (χ4v) is 1.67. The first-order chi connectivity index (χ1) is 8.20. The van der Waals surface area contributed by atoms with Gasteiger partial charge in [0.05, 0.1) is 6.61 Å². The van der Waals surface area contributed by atoms with Gasteiger partial charge in [0.1, 0.15) is 11.5 Å². The number of pyridine rings is 1. The maximum absolute atomic E-state index is 9.19. The molecule has 0 aliphatic rings. The van der Waals surface area contributed by atoms with E-state index in [-0.39, 0.29) is 6.61 Å². The number of benzene rings is 1. The van der Waals surface area contributed by atoms with Crippen molar-refractivity contribution in [2.24, 2.45) is 0 Å². The van der Waals surface area contributed by atoms with Crippen LogP contribution in [0.4, 0.5) is 0 Å². The van der Waals surface area contributed by atoms with E-state index in [0.717, 1.165) is 11.3 Å². The predicted molar refractivity (Wildman–Crippen MR) is 66.1 cm³/mol. The normalized spacial score (nSPS) is 10.3. The van der Waals surface area contributed by atoms with Gasteiger partial charge in [-0.3, -0.25) is 4.98 Å². The molecule has 0 fully saturated rings. The smallest absolute Gasteiger partial charge is 0.136 e. The summed E-state index contributed by atoms with van der Waals surface area (Å²) in [6, 6.07) is 7.76. The molecule has 3 heteroatoms. The Kier molecular flexibility index (Phi) is 3.40. The maximum atomic E-state index is 9.19. The second-order valence-corrected chi connectivity index (χ2v) is 4.01. The van der Waals surface area contributed by atoms with Crippen molar-refractivity contribution in [3.05, 3.63) is 53.3 Å². The van der Waals surface area contributed by atoms with Crippen LogP contribution in [0.2, 0.25) is 0 Å². The number of hydrogen-bond donors (Lipinski definition) is 1. The van der Waals surface area contributed by atoms with Crippen LogP contribution < -0.4 is 4.74 Å². The highest BCUT2D eigenvalue weighted by Gasteiger charge is 2.05. The second kappa shape index (κ2) is 4.97. The molecule has 0 amide bonds. The minimum atomic E-state index is -0.0753. The monoisotopic (exact) mass is 229 g/mol. The fourth-order valence-electron chi connectivity index (χ4n) is 1.67. The van der Waals surface area contributed by atoms with Crippen molar-refractivity contribution >= 4 is 0 Å². The molecule has 0 saturated heterocycles. The zero-order valence-corrected chi connectivity index (χ0v) is 9.97. The summed E-state index contributed by atoms with van der Waals surface area (Å²) in [6.45, 7) is 3.97. The number of ether oxygens (including phenoxy) is 1. The minimum Gasteiger partial charge on any atom is -0.457 e. The standard InChI is InChI=1S/C14H15NO2/c1-10-3-4-13(11(2)7-10)17-14-5-6-15-8-12(14)9-16/h3-8,16H,9H2,1-2H3. The molecule has 0 radical (unpaired) electrons. The Hall–Kier alpha value is -1.87. The summed E-state index contributed by atoms with van der Waals surface area (Å²) < 4.78 is 5.79. The highest BCUT2D eigenvalue weighted by atomic mass is 16.5. The van der Waals surface area contributed by atoms with Gasteiger partial charge in [0.25, 0.3) is 0 Å². The molecule has 0 atom stereocenters. The Morgan fingerprint density at radius 2 is 2.00 bits per heavy atom. The molecule has 2 rings (SSSR count). The molecule has 88 valence electrons. The van der Waals surface area contributed by atoms with Gasteiger partial charge in [-0.1, -0.05) is 17.7 Å². The SMILES string of the molecule is Cc1ccc(Oc2ccncc2CO)c(C)c1. The molecule has 1 aromatic carbocycles. The molecule has 1 heterocycles. The summed E-state index contributed by atoms with van der Waals surface area (Å²) in [5, 5.41) is 9.19. The second-order valence-electron chi connectivity index (χ2n) is 4.01. The van der Waals surface area contributed by atoms with E-state index in [1.807, 2.05) is 26.0 Å². The summed E-state index contributed by atoms with van der Waals surface area (Å²) in [5.41, 5.74) is 2.96. The molecule has 3 nitrogen and oxygen atoms in total. The molecule has 0 aliphatic heterocycles. The van der Waals surface area contributed by atoms with Gasteiger partial charge < -0.3 is 9.84 Å². The van der Waals surface area contributed by atoms with Crippen LogP contribution in [0.25, 0.3) is 0 Å². The Morgan fingerprint density at radius 3 is 2.71 bits per heavy atom. The summed E-state index contributed by atoms with van der Waals surface area (Å²) in [7, 11) is 0. The average Bonchev–Trinajstić information content (AvgIpc) is 2.33. The first kappa shape index (κ1) is 11.6.